The molecule has 0 amide bonds. The van der Waals surface area contributed by atoms with Crippen LogP contribution < -0.4 is 15.2 Å². The highest BCUT2D eigenvalue weighted by Crippen LogP contribution is 2.35. The lowest BCUT2D eigenvalue weighted by Crippen LogP contribution is -2.49. The van der Waals surface area contributed by atoms with Gasteiger partial charge in [0.05, 0.1) is 18.8 Å². The third-order valence-corrected chi connectivity index (χ3v) is 8.42. The van der Waals surface area contributed by atoms with Gasteiger partial charge in [-0.05, 0) is 72.5 Å². The Labute approximate surface area is 228 Å². The molecule has 1 atom stereocenters. The van der Waals surface area contributed by atoms with Gasteiger partial charge in [-0.2, -0.15) is 0 Å². The third-order valence-electron chi connectivity index (χ3n) is 8.42. The average Bonchev–Trinajstić information content (AvgIpc) is 3.44. The van der Waals surface area contributed by atoms with Crippen LogP contribution in [0.5, 0.6) is 5.75 Å². The van der Waals surface area contributed by atoms with Gasteiger partial charge >= 0.3 is 0 Å². The first-order valence-electron chi connectivity index (χ1n) is 14.1. The van der Waals surface area contributed by atoms with Crippen LogP contribution >= 0.6 is 0 Å². The molecule has 1 saturated heterocycles. The van der Waals surface area contributed by atoms with Crippen molar-refractivity contribution in [1.29, 1.82) is 0 Å². The van der Waals surface area contributed by atoms with Gasteiger partial charge in [-0.15, -0.1) is 5.10 Å². The molecule has 2 aromatic carbocycles. The van der Waals surface area contributed by atoms with Crippen molar-refractivity contribution in [2.75, 3.05) is 38.2 Å². The van der Waals surface area contributed by atoms with E-state index < -0.39 is 0 Å². The van der Waals surface area contributed by atoms with E-state index in [0.717, 1.165) is 78.3 Å². The van der Waals surface area contributed by atoms with E-state index in [4.69, 9.17) is 4.74 Å². The number of pyridine rings is 1. The molecule has 204 valence electrons. The molecule has 6 rings (SSSR count). The normalized spacial score (nSPS) is 18.0. The molecule has 1 aliphatic carbocycles. The van der Waals surface area contributed by atoms with Crippen LogP contribution in [0.2, 0.25) is 0 Å². The molecule has 1 N–H and O–H groups in total. The number of methoxy groups -OCH3 is 1. The molecule has 0 spiro atoms. The molecular weight excluding hydrogens is 490 g/mol. The van der Waals surface area contributed by atoms with Crippen LogP contribution in [0.15, 0.2) is 47.3 Å². The van der Waals surface area contributed by atoms with E-state index in [-0.39, 0.29) is 17.6 Å². The second-order valence-electron chi connectivity index (χ2n) is 11.0. The number of rotatable bonds is 6. The lowest BCUT2D eigenvalue weighted by atomic mass is 9.94. The molecule has 9 heteroatoms. The second kappa shape index (κ2) is 10.8. The molecule has 1 aliphatic heterocycles. The van der Waals surface area contributed by atoms with E-state index in [2.05, 4.69) is 62.4 Å². The van der Waals surface area contributed by atoms with Gasteiger partial charge in [0.1, 0.15) is 11.8 Å². The Bertz CT molecular complexity index is 1510. The van der Waals surface area contributed by atoms with Gasteiger partial charge < -0.3 is 14.6 Å². The van der Waals surface area contributed by atoms with E-state index in [0.29, 0.717) is 5.56 Å². The molecule has 4 aromatic rings. The molecule has 0 unspecified atom stereocenters. The molecule has 2 fully saturated rings. The maximum atomic E-state index is 13.7. The van der Waals surface area contributed by atoms with Crippen LogP contribution in [-0.2, 0) is 0 Å². The minimum atomic E-state index is -0.337. The molecule has 9 nitrogen and oxygen atoms in total. The number of nitrogens with one attached hydrogen (secondary N) is 1. The molecule has 0 radical (unpaired) electrons. The lowest BCUT2D eigenvalue weighted by Gasteiger charge is -2.40. The van der Waals surface area contributed by atoms with Crippen molar-refractivity contribution < 1.29 is 4.74 Å². The second-order valence-corrected chi connectivity index (χ2v) is 11.0. The Balaban J connectivity index is 1.40. The summed E-state index contributed by atoms with van der Waals surface area (Å²) in [6.45, 7) is 7.32. The quantitative estimate of drug-likeness (QED) is 0.393. The Kier molecular flexibility index (Phi) is 7.08. The van der Waals surface area contributed by atoms with Gasteiger partial charge in [0.2, 0.25) is 0 Å². The zero-order chi connectivity index (χ0) is 26.9. The number of aromatic nitrogens is 5. The highest BCUT2D eigenvalue weighted by atomic mass is 16.5. The highest BCUT2D eigenvalue weighted by Gasteiger charge is 2.35. The fraction of sp³-hybridized carbons (Fsp3) is 0.467. The first kappa shape index (κ1) is 25.6. The summed E-state index contributed by atoms with van der Waals surface area (Å²) in [5.41, 5.74) is 4.86. The molecule has 39 heavy (non-hydrogen) atoms. The first-order valence-corrected chi connectivity index (χ1v) is 14.1. The molecule has 2 aromatic heterocycles. The van der Waals surface area contributed by atoms with Crippen LogP contribution in [0.25, 0.3) is 10.9 Å². The number of benzene rings is 2. The smallest absolute Gasteiger partial charge is 0.253 e. The number of anilines is 1. The van der Waals surface area contributed by atoms with Gasteiger partial charge in [-0.1, -0.05) is 37.5 Å². The minimum Gasteiger partial charge on any atom is -0.495 e. The standard InChI is InChI=1S/C30H37N7O2/c1-20-17-21(2)23-19-24(30(38)31-25(23)18-20)28(29-32-33-34-37(29)22-9-5-4-6-10-22)36-15-13-35(14-16-36)26-11-7-8-12-27(26)39-3/h7-8,11-12,17-19,22,28H,4-6,9-10,13-16H2,1-3H3,(H,31,38)/t28-/m1/s1. The fourth-order valence-electron chi connectivity index (χ4n) is 6.47. The Morgan fingerprint density at radius 2 is 1.77 bits per heavy atom. The van der Waals surface area contributed by atoms with Crippen molar-refractivity contribution in [2.24, 2.45) is 0 Å². The zero-order valence-corrected chi connectivity index (χ0v) is 23.1. The molecule has 2 aliphatic rings. The predicted molar refractivity (Wildman–Crippen MR) is 153 cm³/mol. The SMILES string of the molecule is COc1ccccc1N1CCN([C@H](c2cc3c(C)cc(C)cc3[nH]c2=O)c2nnnn2C2CCCCC2)CC1. The number of aromatic amines is 1. The fourth-order valence-corrected chi connectivity index (χ4v) is 6.47. The van der Waals surface area contributed by atoms with Gasteiger partial charge in [-0.25, -0.2) is 4.68 Å². The number of fused-ring (bicyclic) bond motifs is 1. The summed E-state index contributed by atoms with van der Waals surface area (Å²) in [6.07, 6.45) is 5.76. The van der Waals surface area contributed by atoms with Crippen LogP contribution in [0.4, 0.5) is 5.69 Å². The molecule has 3 heterocycles. The van der Waals surface area contributed by atoms with E-state index in [1.807, 2.05) is 28.9 Å². The monoisotopic (exact) mass is 527 g/mol. The Hall–Kier alpha value is -3.72. The number of aryl methyl sites for hydroxylation is 2. The predicted octanol–water partition coefficient (Wildman–Crippen LogP) is 4.56. The van der Waals surface area contributed by atoms with Crippen molar-refractivity contribution in [1.82, 2.24) is 30.1 Å². The summed E-state index contributed by atoms with van der Waals surface area (Å²) in [5, 5.41) is 14.3. The summed E-state index contributed by atoms with van der Waals surface area (Å²) in [4.78, 5) is 21.6. The minimum absolute atomic E-state index is 0.0807. The number of tetrazole rings is 1. The van der Waals surface area contributed by atoms with Crippen LogP contribution in [0, 0.1) is 13.8 Å². The van der Waals surface area contributed by atoms with Crippen molar-refractivity contribution in [3.63, 3.8) is 0 Å². The third kappa shape index (κ3) is 4.91. The molecule has 0 bridgehead atoms. The maximum Gasteiger partial charge on any atom is 0.253 e. The van der Waals surface area contributed by atoms with Crippen LogP contribution in [-0.4, -0.2) is 63.4 Å². The highest BCUT2D eigenvalue weighted by molar-refractivity contribution is 5.83. The number of H-pyrrole nitrogens is 1. The summed E-state index contributed by atoms with van der Waals surface area (Å²) < 4.78 is 7.65. The van der Waals surface area contributed by atoms with Gasteiger partial charge in [0.25, 0.3) is 5.56 Å². The number of ether oxygens (including phenoxy) is 1. The number of hydrogen-bond donors (Lipinski definition) is 1. The van der Waals surface area contributed by atoms with E-state index >= 15 is 0 Å². The largest absolute Gasteiger partial charge is 0.495 e. The number of nitrogens with zero attached hydrogens (tertiary/aromatic N) is 6. The van der Waals surface area contributed by atoms with E-state index in [9.17, 15) is 4.79 Å². The van der Waals surface area contributed by atoms with Crippen molar-refractivity contribution in [3.8, 4) is 5.75 Å². The van der Waals surface area contributed by atoms with Crippen LogP contribution in [0.3, 0.4) is 0 Å². The summed E-state index contributed by atoms with van der Waals surface area (Å²) in [7, 11) is 1.71. The Morgan fingerprint density at radius 3 is 2.54 bits per heavy atom. The average molecular weight is 528 g/mol. The summed E-state index contributed by atoms with van der Waals surface area (Å²) in [6, 6.07) is 14.4. The Morgan fingerprint density at radius 1 is 1.00 bits per heavy atom. The lowest BCUT2D eigenvalue weighted by molar-refractivity contribution is 0.192. The summed E-state index contributed by atoms with van der Waals surface area (Å²) in [5.74, 6) is 1.64. The van der Waals surface area contributed by atoms with Crippen molar-refractivity contribution >= 4 is 16.6 Å². The molecular formula is C30H37N7O2. The number of hydrogen-bond acceptors (Lipinski definition) is 7. The molecule has 1 saturated carbocycles. The van der Waals surface area contributed by atoms with Crippen LogP contribution in [0.1, 0.15) is 66.7 Å². The number of para-hydroxylation sites is 2. The van der Waals surface area contributed by atoms with E-state index in [1.54, 1.807) is 7.11 Å². The van der Waals surface area contributed by atoms with Crippen molar-refractivity contribution in [2.45, 2.75) is 58.0 Å². The topological polar surface area (TPSA) is 92.2 Å². The zero-order valence-electron chi connectivity index (χ0n) is 23.1. The van der Waals surface area contributed by atoms with Gasteiger partial charge in [0.15, 0.2) is 5.82 Å². The number of piperazine rings is 1. The van der Waals surface area contributed by atoms with Crippen molar-refractivity contribution in [3.05, 3.63) is 75.3 Å². The summed E-state index contributed by atoms with van der Waals surface area (Å²) >= 11 is 0. The maximum absolute atomic E-state index is 13.7. The van der Waals surface area contributed by atoms with E-state index in [1.165, 1.54) is 19.3 Å². The van der Waals surface area contributed by atoms with Gasteiger partial charge in [-0.3, -0.25) is 9.69 Å². The first-order chi connectivity index (χ1) is 19.0. The van der Waals surface area contributed by atoms with Gasteiger partial charge in [0, 0.05) is 42.6 Å².